The first-order chi connectivity index (χ1) is 6.77. The topological polar surface area (TPSA) is 54.0 Å². The van der Waals surface area contributed by atoms with Crippen LogP contribution >= 0.6 is 0 Å². The minimum atomic E-state index is -0.180. The van der Waals surface area contributed by atoms with E-state index in [0.29, 0.717) is 12.4 Å². The van der Waals surface area contributed by atoms with E-state index in [1.807, 2.05) is 26.8 Å². The number of aryl methyl sites for hydroxylation is 1. The molecule has 1 aliphatic heterocycles. The van der Waals surface area contributed by atoms with Crippen LogP contribution < -0.4 is 10.6 Å². The molecule has 0 spiro atoms. The second-order valence-electron chi connectivity index (χ2n) is 2.76. The lowest BCUT2D eigenvalue weighted by molar-refractivity contribution is 0.250. The zero-order valence-corrected chi connectivity index (χ0v) is 8.72. The summed E-state index contributed by atoms with van der Waals surface area (Å²) in [7, 11) is 0. The summed E-state index contributed by atoms with van der Waals surface area (Å²) in [6, 6.07) is 1.75. The number of urea groups is 1. The van der Waals surface area contributed by atoms with Crippen molar-refractivity contribution in [3.63, 3.8) is 0 Å². The number of fused-ring (bicyclic) bond motifs is 1. The van der Waals surface area contributed by atoms with Crippen molar-refractivity contribution in [2.75, 3.05) is 5.32 Å². The number of aromatic nitrogens is 1. The number of hydrogen-bond donors (Lipinski definition) is 2. The fraction of sp³-hybridized carbons (Fsp3) is 0.400. The first kappa shape index (κ1) is 10.5. The van der Waals surface area contributed by atoms with Crippen molar-refractivity contribution < 1.29 is 4.79 Å². The van der Waals surface area contributed by atoms with Crippen molar-refractivity contribution in [2.24, 2.45) is 0 Å². The Morgan fingerprint density at radius 1 is 1.43 bits per heavy atom. The molecule has 2 amide bonds. The smallest absolute Gasteiger partial charge is 0.320 e. The summed E-state index contributed by atoms with van der Waals surface area (Å²) < 4.78 is 0. The zero-order valence-electron chi connectivity index (χ0n) is 8.72. The van der Waals surface area contributed by atoms with Gasteiger partial charge in [0, 0.05) is 18.3 Å². The van der Waals surface area contributed by atoms with Gasteiger partial charge >= 0.3 is 6.03 Å². The standard InChI is InChI=1S/C8H9N3O.C2H6/c1-5-2-3-9-7-6(5)4-10-8(12)11-7;1-2/h2-3H,4H2,1H3,(H2,9,10,11,12);1-2H3. The Hall–Kier alpha value is -1.58. The molecule has 76 valence electrons. The molecule has 1 aliphatic rings. The summed E-state index contributed by atoms with van der Waals surface area (Å²) >= 11 is 0. The van der Waals surface area contributed by atoms with Crippen molar-refractivity contribution in [3.05, 3.63) is 23.4 Å². The molecular formula is C10H15N3O. The van der Waals surface area contributed by atoms with Crippen LogP contribution in [0.2, 0.25) is 0 Å². The highest BCUT2D eigenvalue weighted by Gasteiger charge is 2.15. The molecule has 0 saturated carbocycles. The van der Waals surface area contributed by atoms with Gasteiger partial charge in [-0.1, -0.05) is 13.8 Å². The van der Waals surface area contributed by atoms with Gasteiger partial charge in [0.05, 0.1) is 0 Å². The minimum absolute atomic E-state index is 0.180. The Morgan fingerprint density at radius 3 is 2.86 bits per heavy atom. The third-order valence-electron chi connectivity index (χ3n) is 1.95. The molecule has 0 aliphatic carbocycles. The number of hydrogen-bond acceptors (Lipinski definition) is 2. The SMILES string of the molecule is CC.Cc1ccnc2c1CNC(=O)N2. The van der Waals surface area contributed by atoms with E-state index >= 15 is 0 Å². The third kappa shape index (κ3) is 2.02. The maximum atomic E-state index is 10.9. The quantitative estimate of drug-likeness (QED) is 0.662. The highest BCUT2D eigenvalue weighted by Crippen LogP contribution is 2.18. The lowest BCUT2D eigenvalue weighted by Crippen LogP contribution is -2.34. The van der Waals surface area contributed by atoms with Gasteiger partial charge in [0.15, 0.2) is 0 Å². The van der Waals surface area contributed by atoms with Crippen LogP contribution in [0.3, 0.4) is 0 Å². The molecule has 2 heterocycles. The van der Waals surface area contributed by atoms with E-state index in [9.17, 15) is 4.79 Å². The first-order valence-electron chi connectivity index (χ1n) is 4.77. The molecule has 4 heteroatoms. The molecule has 2 N–H and O–H groups in total. The van der Waals surface area contributed by atoms with Crippen LogP contribution in [-0.4, -0.2) is 11.0 Å². The molecule has 2 rings (SSSR count). The number of amides is 2. The summed E-state index contributed by atoms with van der Waals surface area (Å²) in [6.07, 6.45) is 1.69. The maximum Gasteiger partial charge on any atom is 0.320 e. The van der Waals surface area contributed by atoms with Crippen LogP contribution in [0.15, 0.2) is 12.3 Å². The van der Waals surface area contributed by atoms with Crippen molar-refractivity contribution in [1.29, 1.82) is 0 Å². The van der Waals surface area contributed by atoms with Crippen LogP contribution in [0, 0.1) is 6.92 Å². The molecule has 1 aromatic rings. The van der Waals surface area contributed by atoms with Crippen LogP contribution in [0.5, 0.6) is 0 Å². The monoisotopic (exact) mass is 193 g/mol. The summed E-state index contributed by atoms with van der Waals surface area (Å²) in [5, 5.41) is 5.33. The summed E-state index contributed by atoms with van der Waals surface area (Å²) in [6.45, 7) is 6.57. The lowest BCUT2D eigenvalue weighted by atomic mass is 10.1. The summed E-state index contributed by atoms with van der Waals surface area (Å²) in [5.74, 6) is 0.679. The van der Waals surface area contributed by atoms with Crippen LogP contribution in [-0.2, 0) is 6.54 Å². The lowest BCUT2D eigenvalue weighted by Gasteiger charge is -2.18. The van der Waals surface area contributed by atoms with Crippen molar-refractivity contribution in [3.8, 4) is 0 Å². The van der Waals surface area contributed by atoms with Gasteiger partial charge < -0.3 is 5.32 Å². The zero-order chi connectivity index (χ0) is 10.6. The molecule has 0 unspecified atom stereocenters. The van der Waals surface area contributed by atoms with E-state index in [1.54, 1.807) is 6.20 Å². The molecule has 0 bridgehead atoms. The van der Waals surface area contributed by atoms with Gasteiger partial charge in [-0.05, 0) is 18.6 Å². The minimum Gasteiger partial charge on any atom is -0.334 e. The number of carbonyl (C=O) groups excluding carboxylic acids is 1. The fourth-order valence-corrected chi connectivity index (χ4v) is 1.24. The van der Waals surface area contributed by atoms with Crippen LogP contribution in [0.25, 0.3) is 0 Å². The molecule has 0 radical (unpaired) electrons. The number of carbonyl (C=O) groups is 1. The van der Waals surface area contributed by atoms with E-state index < -0.39 is 0 Å². The van der Waals surface area contributed by atoms with Crippen molar-refractivity contribution in [2.45, 2.75) is 27.3 Å². The van der Waals surface area contributed by atoms with E-state index in [2.05, 4.69) is 15.6 Å². The normalized spacial score (nSPS) is 12.9. The highest BCUT2D eigenvalue weighted by molar-refractivity contribution is 5.91. The molecule has 0 fully saturated rings. The van der Waals surface area contributed by atoms with E-state index in [4.69, 9.17) is 0 Å². The molecular weight excluding hydrogens is 178 g/mol. The average molecular weight is 193 g/mol. The predicted molar refractivity (Wildman–Crippen MR) is 56.2 cm³/mol. The van der Waals surface area contributed by atoms with Crippen LogP contribution in [0.4, 0.5) is 10.6 Å². The molecule has 0 saturated heterocycles. The molecule has 0 aromatic carbocycles. The van der Waals surface area contributed by atoms with Gasteiger partial charge in [-0.25, -0.2) is 9.78 Å². The second-order valence-corrected chi connectivity index (χ2v) is 2.76. The van der Waals surface area contributed by atoms with E-state index in [0.717, 1.165) is 11.1 Å². The largest absolute Gasteiger partial charge is 0.334 e. The Bertz CT molecular complexity index is 336. The van der Waals surface area contributed by atoms with Gasteiger partial charge in [0.2, 0.25) is 0 Å². The molecule has 4 nitrogen and oxygen atoms in total. The Balaban J connectivity index is 0.000000461. The number of nitrogens with zero attached hydrogens (tertiary/aromatic N) is 1. The Morgan fingerprint density at radius 2 is 2.14 bits per heavy atom. The predicted octanol–water partition coefficient (Wildman–Crippen LogP) is 2.05. The molecule has 14 heavy (non-hydrogen) atoms. The second kappa shape index (κ2) is 4.60. The van der Waals surface area contributed by atoms with Gasteiger partial charge in [0.25, 0.3) is 0 Å². The van der Waals surface area contributed by atoms with Gasteiger partial charge in [-0.2, -0.15) is 0 Å². The van der Waals surface area contributed by atoms with Gasteiger partial charge in [-0.15, -0.1) is 0 Å². The number of anilines is 1. The number of rotatable bonds is 0. The summed E-state index contributed by atoms with van der Waals surface area (Å²) in [5.41, 5.74) is 2.21. The van der Waals surface area contributed by atoms with Crippen molar-refractivity contribution in [1.82, 2.24) is 10.3 Å². The third-order valence-corrected chi connectivity index (χ3v) is 1.95. The van der Waals surface area contributed by atoms with E-state index in [-0.39, 0.29) is 6.03 Å². The number of nitrogens with one attached hydrogen (secondary N) is 2. The molecule has 0 atom stereocenters. The fourth-order valence-electron chi connectivity index (χ4n) is 1.24. The van der Waals surface area contributed by atoms with E-state index in [1.165, 1.54) is 0 Å². The van der Waals surface area contributed by atoms with Crippen molar-refractivity contribution >= 4 is 11.8 Å². The van der Waals surface area contributed by atoms with Crippen LogP contribution in [0.1, 0.15) is 25.0 Å². The first-order valence-corrected chi connectivity index (χ1v) is 4.77. The molecule has 1 aromatic heterocycles. The van der Waals surface area contributed by atoms with Gasteiger partial charge in [-0.3, -0.25) is 5.32 Å². The number of pyridine rings is 1. The Kier molecular flexibility index (Phi) is 3.45. The Labute approximate surface area is 83.7 Å². The summed E-state index contributed by atoms with van der Waals surface area (Å²) in [4.78, 5) is 14.9. The van der Waals surface area contributed by atoms with Gasteiger partial charge in [0.1, 0.15) is 5.82 Å². The maximum absolute atomic E-state index is 10.9. The highest BCUT2D eigenvalue weighted by atomic mass is 16.2. The average Bonchev–Trinajstić information content (AvgIpc) is 2.21.